The lowest BCUT2D eigenvalue weighted by atomic mass is 9.78. The summed E-state index contributed by atoms with van der Waals surface area (Å²) in [6, 6.07) is 7.54. The Morgan fingerprint density at radius 2 is 2.00 bits per heavy atom. The molecule has 0 saturated carbocycles. The molecule has 76 valence electrons. The predicted octanol–water partition coefficient (Wildman–Crippen LogP) is 0.636. The predicted molar refractivity (Wildman–Crippen MR) is 63.3 cm³/mol. The van der Waals surface area contributed by atoms with Crippen LogP contribution in [0.4, 0.5) is 0 Å². The topological polar surface area (TPSA) is 53.4 Å². The third-order valence-corrected chi connectivity index (χ3v) is 2.97. The molecule has 15 heavy (non-hydrogen) atoms. The quantitative estimate of drug-likeness (QED) is 0.574. The summed E-state index contributed by atoms with van der Waals surface area (Å²) in [4.78, 5) is 4.19. The molecule has 1 heterocycles. The molecule has 2 aromatic rings. The van der Waals surface area contributed by atoms with Gasteiger partial charge in [-0.2, -0.15) is 0 Å². The number of aromatic nitrogens is 1. The number of benzene rings is 1. The summed E-state index contributed by atoms with van der Waals surface area (Å²) < 4.78 is 0. The molecule has 0 unspecified atom stereocenters. The Kier molecular flexibility index (Phi) is 2.95. The van der Waals surface area contributed by atoms with Crippen LogP contribution in [-0.2, 0) is 0 Å². The molecular weight excluding hydrogens is 209 g/mol. The van der Waals surface area contributed by atoms with Gasteiger partial charge in [0.05, 0.1) is 5.03 Å². The summed E-state index contributed by atoms with van der Waals surface area (Å²) in [7, 11) is -1.48. The highest BCUT2D eigenvalue weighted by Crippen LogP contribution is 2.17. The zero-order valence-electron chi connectivity index (χ0n) is 8.21. The van der Waals surface area contributed by atoms with Crippen LogP contribution in [0.25, 0.3) is 10.8 Å². The fraction of sp³-hybridized carbons (Fsp3) is 0.100. The number of hydrogen-bond acceptors (Lipinski definition) is 4. The highest BCUT2D eigenvalue weighted by Gasteiger charge is 2.19. The van der Waals surface area contributed by atoms with E-state index in [1.807, 2.05) is 30.5 Å². The Balaban J connectivity index is 2.79. The van der Waals surface area contributed by atoms with Crippen molar-refractivity contribution in [3.63, 3.8) is 0 Å². The molecule has 0 aliphatic rings. The molecule has 0 aliphatic heterocycles. The summed E-state index contributed by atoms with van der Waals surface area (Å²) in [6.07, 6.45) is 3.61. The third-order valence-electron chi connectivity index (χ3n) is 2.25. The zero-order chi connectivity index (χ0) is 10.8. The van der Waals surface area contributed by atoms with Crippen molar-refractivity contribution in [1.29, 1.82) is 0 Å². The van der Waals surface area contributed by atoms with Gasteiger partial charge in [0.25, 0.3) is 0 Å². The monoisotopic (exact) mass is 219 g/mol. The van der Waals surface area contributed by atoms with Crippen LogP contribution >= 0.6 is 11.8 Å². The average Bonchev–Trinajstić information content (AvgIpc) is 2.27. The van der Waals surface area contributed by atoms with E-state index in [-0.39, 0.29) is 0 Å². The standard InChI is InChI=1S/C10H10BNO2S/c1-15-10-9(11(13)14)8-5-3-2-4-7(8)6-12-10/h2-6,13-14H,1H3. The molecule has 2 rings (SSSR count). The second-order valence-corrected chi connectivity index (χ2v) is 3.94. The fourth-order valence-corrected chi connectivity index (χ4v) is 2.17. The van der Waals surface area contributed by atoms with Gasteiger partial charge in [-0.05, 0) is 17.0 Å². The summed E-state index contributed by atoms with van der Waals surface area (Å²) in [6.45, 7) is 0. The first-order valence-electron chi connectivity index (χ1n) is 4.52. The van der Waals surface area contributed by atoms with Crippen molar-refractivity contribution in [1.82, 2.24) is 4.98 Å². The van der Waals surface area contributed by atoms with E-state index in [1.165, 1.54) is 11.8 Å². The van der Waals surface area contributed by atoms with Gasteiger partial charge in [-0.25, -0.2) is 4.98 Å². The van der Waals surface area contributed by atoms with Gasteiger partial charge in [0, 0.05) is 11.7 Å². The van der Waals surface area contributed by atoms with Crippen LogP contribution in [0.2, 0.25) is 0 Å². The van der Waals surface area contributed by atoms with Crippen molar-refractivity contribution in [2.24, 2.45) is 0 Å². The Bertz CT molecular complexity index is 490. The third kappa shape index (κ3) is 1.86. The molecular formula is C10H10BNO2S. The normalized spacial score (nSPS) is 10.6. The lowest BCUT2D eigenvalue weighted by Gasteiger charge is -2.09. The summed E-state index contributed by atoms with van der Waals surface area (Å²) in [5.41, 5.74) is 0.487. The maximum Gasteiger partial charge on any atom is 0.491 e. The average molecular weight is 219 g/mol. The molecule has 0 spiro atoms. The van der Waals surface area contributed by atoms with E-state index < -0.39 is 7.12 Å². The Hall–Kier alpha value is -1.04. The highest BCUT2D eigenvalue weighted by molar-refractivity contribution is 7.98. The minimum Gasteiger partial charge on any atom is -0.423 e. The number of pyridine rings is 1. The molecule has 1 aromatic heterocycles. The van der Waals surface area contributed by atoms with Crippen molar-refractivity contribution in [2.75, 3.05) is 6.26 Å². The van der Waals surface area contributed by atoms with Crippen LogP contribution in [0.5, 0.6) is 0 Å². The smallest absolute Gasteiger partial charge is 0.423 e. The lowest BCUT2D eigenvalue weighted by Crippen LogP contribution is -2.33. The van der Waals surface area contributed by atoms with Crippen LogP contribution in [-0.4, -0.2) is 28.4 Å². The molecule has 0 bridgehead atoms. The van der Waals surface area contributed by atoms with Gasteiger partial charge in [0.15, 0.2) is 0 Å². The Morgan fingerprint density at radius 1 is 1.27 bits per heavy atom. The molecule has 1 aromatic carbocycles. The van der Waals surface area contributed by atoms with Crippen LogP contribution in [0.3, 0.4) is 0 Å². The Labute approximate surface area is 92.3 Å². The fourth-order valence-electron chi connectivity index (χ4n) is 1.58. The molecule has 0 saturated heterocycles. The first kappa shape index (κ1) is 10.5. The summed E-state index contributed by atoms with van der Waals surface area (Å²) >= 11 is 1.41. The van der Waals surface area contributed by atoms with E-state index in [0.717, 1.165) is 10.8 Å². The van der Waals surface area contributed by atoms with Crippen LogP contribution < -0.4 is 5.46 Å². The largest absolute Gasteiger partial charge is 0.491 e. The van der Waals surface area contributed by atoms with Crippen LogP contribution in [0.15, 0.2) is 35.5 Å². The number of fused-ring (bicyclic) bond motifs is 1. The number of nitrogens with zero attached hydrogens (tertiary/aromatic N) is 1. The van der Waals surface area contributed by atoms with E-state index in [1.54, 1.807) is 6.20 Å². The molecule has 3 nitrogen and oxygen atoms in total. The zero-order valence-corrected chi connectivity index (χ0v) is 9.03. The first-order chi connectivity index (χ1) is 7.24. The van der Waals surface area contributed by atoms with E-state index in [0.29, 0.717) is 10.5 Å². The van der Waals surface area contributed by atoms with Crippen molar-refractivity contribution >= 4 is 35.1 Å². The molecule has 0 radical (unpaired) electrons. The van der Waals surface area contributed by atoms with Gasteiger partial charge >= 0.3 is 7.12 Å². The van der Waals surface area contributed by atoms with Crippen LogP contribution in [0, 0.1) is 0 Å². The number of thioether (sulfide) groups is 1. The summed E-state index contributed by atoms with van der Waals surface area (Å²) in [5, 5.41) is 21.1. The van der Waals surface area contributed by atoms with Gasteiger partial charge in [0.1, 0.15) is 0 Å². The second kappa shape index (κ2) is 4.22. The molecule has 2 N–H and O–H groups in total. The minimum absolute atomic E-state index is 0.487. The van der Waals surface area contributed by atoms with Crippen molar-refractivity contribution in [3.8, 4) is 0 Å². The van der Waals surface area contributed by atoms with Crippen molar-refractivity contribution in [2.45, 2.75) is 5.03 Å². The number of rotatable bonds is 2. The molecule has 5 heteroatoms. The van der Waals surface area contributed by atoms with Gasteiger partial charge in [-0.3, -0.25) is 0 Å². The summed E-state index contributed by atoms with van der Waals surface area (Å²) in [5.74, 6) is 0. The molecule has 0 amide bonds. The second-order valence-electron chi connectivity index (χ2n) is 3.14. The van der Waals surface area contributed by atoms with Crippen molar-refractivity contribution in [3.05, 3.63) is 30.5 Å². The van der Waals surface area contributed by atoms with Gasteiger partial charge in [-0.1, -0.05) is 24.3 Å². The minimum atomic E-state index is -1.48. The molecule has 0 fully saturated rings. The van der Waals surface area contributed by atoms with E-state index in [2.05, 4.69) is 4.98 Å². The maximum atomic E-state index is 9.34. The van der Waals surface area contributed by atoms with Gasteiger partial charge < -0.3 is 10.0 Å². The molecule has 0 aliphatic carbocycles. The lowest BCUT2D eigenvalue weighted by molar-refractivity contribution is 0.425. The van der Waals surface area contributed by atoms with Crippen molar-refractivity contribution < 1.29 is 10.0 Å². The SMILES string of the molecule is CSc1ncc2ccccc2c1B(O)O. The maximum absolute atomic E-state index is 9.34. The first-order valence-corrected chi connectivity index (χ1v) is 5.74. The Morgan fingerprint density at radius 3 is 2.67 bits per heavy atom. The van der Waals surface area contributed by atoms with Crippen LogP contribution in [0.1, 0.15) is 0 Å². The van der Waals surface area contributed by atoms with E-state index in [9.17, 15) is 10.0 Å². The molecule has 0 atom stereocenters. The van der Waals surface area contributed by atoms with Gasteiger partial charge in [-0.15, -0.1) is 11.8 Å². The van der Waals surface area contributed by atoms with Gasteiger partial charge in [0.2, 0.25) is 0 Å². The number of hydrogen-bond donors (Lipinski definition) is 2. The van der Waals surface area contributed by atoms with E-state index >= 15 is 0 Å². The highest BCUT2D eigenvalue weighted by atomic mass is 32.2. The van der Waals surface area contributed by atoms with E-state index in [4.69, 9.17) is 0 Å².